The van der Waals surface area contributed by atoms with E-state index in [4.69, 9.17) is 0 Å². The molecule has 0 spiro atoms. The van der Waals surface area contributed by atoms with Crippen molar-refractivity contribution in [1.29, 1.82) is 0 Å². The van der Waals surface area contributed by atoms with E-state index in [1.54, 1.807) is 0 Å². The minimum atomic E-state index is 0. The number of nitrogens with one attached hydrogen (secondary N) is 3. The molecule has 0 aromatic heterocycles. The van der Waals surface area contributed by atoms with E-state index >= 15 is 0 Å². The molecule has 1 saturated carbocycles. The number of aliphatic imine (C=N–C) groups is 1. The van der Waals surface area contributed by atoms with E-state index in [1.165, 1.54) is 25.7 Å². The van der Waals surface area contributed by atoms with Crippen LogP contribution in [0.2, 0.25) is 0 Å². The third kappa shape index (κ3) is 11.9. The van der Waals surface area contributed by atoms with Crippen LogP contribution in [0.4, 0.5) is 0 Å². The van der Waals surface area contributed by atoms with Crippen LogP contribution in [0.5, 0.6) is 0 Å². The second kappa shape index (κ2) is 14.8. The Morgan fingerprint density at radius 2 is 1.88 bits per heavy atom. The Morgan fingerprint density at radius 3 is 2.50 bits per heavy atom. The Hall–Kier alpha value is -0.530. The van der Waals surface area contributed by atoms with Gasteiger partial charge in [0, 0.05) is 32.1 Å². The van der Waals surface area contributed by atoms with Gasteiger partial charge in [0.05, 0.1) is 0 Å². The van der Waals surface area contributed by atoms with Gasteiger partial charge in [-0.15, -0.1) is 24.0 Å². The first-order valence-electron chi connectivity index (χ1n) is 9.43. The van der Waals surface area contributed by atoms with Gasteiger partial charge in [0.1, 0.15) is 0 Å². The van der Waals surface area contributed by atoms with Gasteiger partial charge in [0.25, 0.3) is 0 Å². The van der Waals surface area contributed by atoms with Gasteiger partial charge >= 0.3 is 0 Å². The molecule has 142 valence electrons. The lowest BCUT2D eigenvalue weighted by atomic mass is 9.95. The fourth-order valence-corrected chi connectivity index (χ4v) is 2.87. The van der Waals surface area contributed by atoms with Gasteiger partial charge in [-0.2, -0.15) is 0 Å². The predicted molar refractivity (Wildman–Crippen MR) is 113 cm³/mol. The molecule has 24 heavy (non-hydrogen) atoms. The van der Waals surface area contributed by atoms with Crippen molar-refractivity contribution in [2.24, 2.45) is 10.9 Å². The first-order chi connectivity index (χ1) is 11.1. The zero-order valence-corrected chi connectivity index (χ0v) is 18.0. The lowest BCUT2D eigenvalue weighted by molar-refractivity contribution is -0.121. The van der Waals surface area contributed by atoms with Crippen molar-refractivity contribution in [3.8, 4) is 0 Å². The third-order valence-corrected chi connectivity index (χ3v) is 4.17. The summed E-state index contributed by atoms with van der Waals surface area (Å²) in [6.07, 6.45) is 8.90. The summed E-state index contributed by atoms with van der Waals surface area (Å²) in [5, 5.41) is 9.64. The quantitative estimate of drug-likeness (QED) is 0.217. The summed E-state index contributed by atoms with van der Waals surface area (Å²) in [7, 11) is 0. The molecular formula is C18H37IN4O. The predicted octanol–water partition coefficient (Wildman–Crippen LogP) is 3.43. The van der Waals surface area contributed by atoms with E-state index in [9.17, 15) is 4.79 Å². The summed E-state index contributed by atoms with van der Waals surface area (Å²) in [6, 6.07) is 0.397. The van der Waals surface area contributed by atoms with Crippen molar-refractivity contribution in [3.63, 3.8) is 0 Å². The summed E-state index contributed by atoms with van der Waals surface area (Å²) in [5.41, 5.74) is 0. The second-order valence-electron chi connectivity index (χ2n) is 6.88. The number of halogens is 1. The minimum absolute atomic E-state index is 0. The molecule has 0 atom stereocenters. The van der Waals surface area contributed by atoms with Crippen LogP contribution in [0, 0.1) is 5.92 Å². The number of nitrogens with zero attached hydrogens (tertiary/aromatic N) is 1. The van der Waals surface area contributed by atoms with Gasteiger partial charge < -0.3 is 16.0 Å². The number of hydrogen-bond acceptors (Lipinski definition) is 2. The molecule has 0 unspecified atom stereocenters. The van der Waals surface area contributed by atoms with Crippen molar-refractivity contribution in [3.05, 3.63) is 0 Å². The van der Waals surface area contributed by atoms with Crippen LogP contribution in [0.3, 0.4) is 0 Å². The Bertz CT molecular complexity index is 355. The molecule has 0 aromatic rings. The van der Waals surface area contributed by atoms with E-state index < -0.39 is 0 Å². The van der Waals surface area contributed by atoms with Gasteiger partial charge in [-0.3, -0.25) is 9.79 Å². The molecule has 0 saturated heterocycles. The van der Waals surface area contributed by atoms with E-state index in [2.05, 4.69) is 41.7 Å². The summed E-state index contributed by atoms with van der Waals surface area (Å²) in [5.74, 6) is 1.70. The standard InChI is InChI=1S/C18H36N4O.HI/c1-4-19-18(20-13-8-9-15(2)3)21-14-12-17(23)22-16-10-6-5-7-11-16;/h15-16H,4-14H2,1-3H3,(H,22,23)(H2,19,20,21);1H. The van der Waals surface area contributed by atoms with Crippen molar-refractivity contribution in [2.75, 3.05) is 19.6 Å². The number of amides is 1. The molecule has 0 heterocycles. The van der Waals surface area contributed by atoms with Gasteiger partial charge in [-0.25, -0.2) is 0 Å². The Morgan fingerprint density at radius 1 is 1.17 bits per heavy atom. The van der Waals surface area contributed by atoms with Crippen molar-refractivity contribution in [2.45, 2.75) is 78.2 Å². The molecule has 5 nitrogen and oxygen atoms in total. The molecule has 3 N–H and O–H groups in total. The number of carbonyl (C=O) groups is 1. The molecule has 1 aliphatic carbocycles. The number of carbonyl (C=O) groups excluding carboxylic acids is 1. The largest absolute Gasteiger partial charge is 0.357 e. The SMILES string of the molecule is CCNC(=NCCCC(C)C)NCCC(=O)NC1CCCCC1.I. The van der Waals surface area contributed by atoms with Gasteiger partial charge in [0.2, 0.25) is 5.91 Å². The first-order valence-corrected chi connectivity index (χ1v) is 9.43. The first kappa shape index (κ1) is 23.5. The fourth-order valence-electron chi connectivity index (χ4n) is 2.87. The normalized spacial score (nSPS) is 15.8. The van der Waals surface area contributed by atoms with Gasteiger partial charge in [-0.1, -0.05) is 33.1 Å². The average molecular weight is 452 g/mol. The molecule has 0 aliphatic heterocycles. The molecule has 1 fully saturated rings. The molecule has 1 amide bonds. The van der Waals surface area contributed by atoms with Crippen molar-refractivity contribution >= 4 is 35.8 Å². The highest BCUT2D eigenvalue weighted by molar-refractivity contribution is 14.0. The fraction of sp³-hybridized carbons (Fsp3) is 0.889. The van der Waals surface area contributed by atoms with Crippen LogP contribution in [-0.4, -0.2) is 37.5 Å². The average Bonchev–Trinajstić information content (AvgIpc) is 2.52. The zero-order chi connectivity index (χ0) is 16.9. The van der Waals surface area contributed by atoms with Gasteiger partial charge in [0.15, 0.2) is 5.96 Å². The van der Waals surface area contributed by atoms with E-state index in [0.717, 1.165) is 44.2 Å². The van der Waals surface area contributed by atoms with E-state index in [-0.39, 0.29) is 29.9 Å². The van der Waals surface area contributed by atoms with E-state index in [0.29, 0.717) is 19.0 Å². The molecule has 1 aliphatic rings. The maximum absolute atomic E-state index is 12.0. The highest BCUT2D eigenvalue weighted by Gasteiger charge is 2.15. The third-order valence-electron chi connectivity index (χ3n) is 4.17. The second-order valence-corrected chi connectivity index (χ2v) is 6.88. The monoisotopic (exact) mass is 452 g/mol. The van der Waals surface area contributed by atoms with Crippen LogP contribution in [0.25, 0.3) is 0 Å². The molecular weight excluding hydrogens is 415 g/mol. The van der Waals surface area contributed by atoms with Crippen LogP contribution in [0.1, 0.15) is 72.1 Å². The van der Waals surface area contributed by atoms with Crippen LogP contribution in [-0.2, 0) is 4.79 Å². The van der Waals surface area contributed by atoms with Crippen LogP contribution in [0.15, 0.2) is 4.99 Å². The number of guanidine groups is 1. The molecule has 6 heteroatoms. The van der Waals surface area contributed by atoms with Crippen LogP contribution >= 0.6 is 24.0 Å². The van der Waals surface area contributed by atoms with Gasteiger partial charge in [-0.05, 0) is 38.5 Å². The van der Waals surface area contributed by atoms with E-state index in [1.807, 2.05) is 0 Å². The summed E-state index contributed by atoms with van der Waals surface area (Å²) < 4.78 is 0. The summed E-state index contributed by atoms with van der Waals surface area (Å²) in [6.45, 7) is 8.83. The molecule has 1 rings (SSSR count). The molecule has 0 radical (unpaired) electrons. The number of hydrogen-bond donors (Lipinski definition) is 3. The summed E-state index contributed by atoms with van der Waals surface area (Å²) in [4.78, 5) is 16.5. The maximum atomic E-state index is 12.0. The highest BCUT2D eigenvalue weighted by atomic mass is 127. The molecule has 0 aromatic carbocycles. The Balaban J connectivity index is 0.00000529. The van der Waals surface area contributed by atoms with Crippen molar-refractivity contribution in [1.82, 2.24) is 16.0 Å². The highest BCUT2D eigenvalue weighted by Crippen LogP contribution is 2.17. The lowest BCUT2D eigenvalue weighted by Crippen LogP contribution is -2.41. The summed E-state index contributed by atoms with van der Waals surface area (Å²) >= 11 is 0. The smallest absolute Gasteiger partial charge is 0.221 e. The maximum Gasteiger partial charge on any atom is 0.221 e. The zero-order valence-electron chi connectivity index (χ0n) is 15.7. The van der Waals surface area contributed by atoms with Crippen LogP contribution < -0.4 is 16.0 Å². The Labute approximate surface area is 165 Å². The lowest BCUT2D eigenvalue weighted by Gasteiger charge is -2.22. The molecule has 0 bridgehead atoms. The topological polar surface area (TPSA) is 65.5 Å². The van der Waals surface area contributed by atoms with Crippen molar-refractivity contribution < 1.29 is 4.79 Å². The number of rotatable bonds is 9. The Kier molecular flexibility index (Phi) is 14.5. The minimum Gasteiger partial charge on any atom is -0.357 e.